The molecule has 0 atom stereocenters. The van der Waals surface area contributed by atoms with Crippen LogP contribution >= 0.6 is 0 Å². The summed E-state index contributed by atoms with van der Waals surface area (Å²) in [4.78, 5) is 0. The quantitative estimate of drug-likeness (QED) is 0.295. The zero-order valence-corrected chi connectivity index (χ0v) is 6.48. The standard InChI is InChI=1S/K.H2OS.H2O/c;1-2;/h;2H2;1H2/q+1;;/p-1. The summed E-state index contributed by atoms with van der Waals surface area (Å²) in [6.45, 7) is 0. The Morgan fingerprint density at radius 3 is 1.25 bits per heavy atom. The zero-order valence-electron chi connectivity index (χ0n) is 2.36. The molecule has 0 rings (SSSR count). The third-order valence-corrected chi connectivity index (χ3v) is 0. The van der Waals surface area contributed by atoms with Crippen LogP contribution in [0.1, 0.15) is 0 Å². The fourth-order valence-electron chi connectivity index (χ4n) is 0. The van der Waals surface area contributed by atoms with Gasteiger partial charge in [0.25, 0.3) is 0 Å². The van der Waals surface area contributed by atoms with Crippen LogP contribution in [0.15, 0.2) is 0 Å². The molecule has 0 fully saturated rings. The summed E-state index contributed by atoms with van der Waals surface area (Å²) < 4.78 is 8.06. The first-order valence-corrected chi connectivity index (χ1v) is 0.612. The van der Waals surface area contributed by atoms with Crippen molar-refractivity contribution in [1.29, 1.82) is 0 Å². The third kappa shape index (κ3) is 9.27. The fraction of sp³-hybridized carbons (Fsp3) is 0. The summed E-state index contributed by atoms with van der Waals surface area (Å²) in [5.74, 6) is 0. The van der Waals surface area contributed by atoms with Gasteiger partial charge in [0.15, 0.2) is 0 Å². The van der Waals surface area contributed by atoms with Gasteiger partial charge in [-0.1, -0.05) is 0 Å². The van der Waals surface area contributed by atoms with Gasteiger partial charge in [-0.15, -0.1) is 0 Å². The van der Waals surface area contributed by atoms with E-state index in [0.717, 1.165) is 0 Å². The van der Waals surface area contributed by atoms with Crippen LogP contribution in [-0.4, -0.2) is 9.69 Å². The maximum atomic E-state index is 8.06. The van der Waals surface area contributed by atoms with E-state index in [4.69, 9.17) is 4.21 Å². The van der Waals surface area contributed by atoms with Crippen LogP contribution in [0.3, 0.4) is 0 Å². The molecule has 0 aromatic rings. The van der Waals surface area contributed by atoms with Gasteiger partial charge in [-0.2, -0.15) is 0 Å². The summed E-state index contributed by atoms with van der Waals surface area (Å²) in [5.41, 5.74) is 0. The van der Waals surface area contributed by atoms with E-state index in [2.05, 4.69) is 0 Å². The normalized spacial score (nSPS) is 1.25. The number of rotatable bonds is 0. The van der Waals surface area contributed by atoms with Crippen LogP contribution in [0, 0.1) is 0 Å². The predicted molar refractivity (Wildman–Crippen MR) is 12.9 cm³/mol. The average molecular weight is 106 g/mol. The molecule has 0 spiro atoms. The molecular formula is H3KO2S. The van der Waals surface area contributed by atoms with E-state index in [0.29, 0.717) is 0 Å². The minimum absolute atomic E-state index is 0. The summed E-state index contributed by atoms with van der Waals surface area (Å²) >= 11 is 1.72. The molecule has 0 heterocycles. The molecule has 0 unspecified atom stereocenters. The molecule has 22 valence electrons. The Morgan fingerprint density at radius 1 is 1.25 bits per heavy atom. The van der Waals surface area contributed by atoms with Crippen LogP contribution in [0.4, 0.5) is 0 Å². The molecule has 0 radical (unpaired) electrons. The van der Waals surface area contributed by atoms with Crippen molar-refractivity contribution >= 4 is 12.5 Å². The van der Waals surface area contributed by atoms with E-state index in [-0.39, 0.29) is 56.9 Å². The molecule has 1 N–H and O–H groups in total. The maximum Gasteiger partial charge on any atom is 1.00 e. The van der Waals surface area contributed by atoms with Gasteiger partial charge in [0.05, 0.1) is 0 Å². The average Bonchev–Trinajstić information content (AvgIpc) is 1.00. The molecule has 0 amide bonds. The number of hydrogen-bond donors (Lipinski definition) is 0. The third-order valence-electron chi connectivity index (χ3n) is 0. The number of hydrogen-bond acceptors (Lipinski definition) is 2. The van der Waals surface area contributed by atoms with E-state index in [9.17, 15) is 0 Å². The molecule has 2 nitrogen and oxygen atoms in total. The van der Waals surface area contributed by atoms with Crippen LogP contribution in [-0.2, 0) is 12.5 Å². The minimum Gasteiger partial charge on any atom is -0.870 e. The first-order chi connectivity index (χ1) is 1.00. The molecule has 0 aromatic heterocycles. The van der Waals surface area contributed by atoms with Gasteiger partial charge in [-0.3, -0.25) is 4.21 Å². The van der Waals surface area contributed by atoms with Crippen molar-refractivity contribution in [3.8, 4) is 0 Å². The van der Waals surface area contributed by atoms with Gasteiger partial charge in [0.1, 0.15) is 0 Å². The van der Waals surface area contributed by atoms with E-state index in [1.165, 1.54) is 0 Å². The topological polar surface area (TPSA) is 47.1 Å². The SMILES string of the molecule is O=[SH2].[K+].[OH-]. The summed E-state index contributed by atoms with van der Waals surface area (Å²) in [7, 11) is 0. The Balaban J connectivity index is -0.00000000500. The van der Waals surface area contributed by atoms with Gasteiger partial charge >= 0.3 is 51.4 Å². The summed E-state index contributed by atoms with van der Waals surface area (Å²) in [6, 6.07) is 0. The van der Waals surface area contributed by atoms with E-state index in [1.54, 1.807) is 12.5 Å². The van der Waals surface area contributed by atoms with Gasteiger partial charge < -0.3 is 5.48 Å². The second kappa shape index (κ2) is 21.8. The summed E-state index contributed by atoms with van der Waals surface area (Å²) in [6.07, 6.45) is 0. The van der Waals surface area contributed by atoms with Crippen molar-refractivity contribution in [2.75, 3.05) is 0 Å². The Kier molecular flexibility index (Phi) is 93.7. The van der Waals surface area contributed by atoms with Gasteiger partial charge in [0.2, 0.25) is 0 Å². The van der Waals surface area contributed by atoms with E-state index >= 15 is 0 Å². The minimum atomic E-state index is 0. The Bertz CT molecular complexity index is 6.00. The molecule has 0 aliphatic carbocycles. The van der Waals surface area contributed by atoms with Crippen LogP contribution in [0.25, 0.3) is 0 Å². The molecule has 0 aliphatic heterocycles. The first-order valence-electron chi connectivity index (χ1n) is 0.204. The van der Waals surface area contributed by atoms with Crippen LogP contribution in [0.5, 0.6) is 0 Å². The van der Waals surface area contributed by atoms with Crippen molar-refractivity contribution < 1.29 is 61.1 Å². The van der Waals surface area contributed by atoms with Crippen LogP contribution < -0.4 is 51.4 Å². The largest absolute Gasteiger partial charge is 1.00 e. The van der Waals surface area contributed by atoms with Crippen molar-refractivity contribution in [3.63, 3.8) is 0 Å². The molecule has 0 bridgehead atoms. The molecule has 0 aromatic carbocycles. The first kappa shape index (κ1) is 17.2. The molecule has 4 heteroatoms. The Labute approximate surface area is 72.2 Å². The molecule has 4 heavy (non-hydrogen) atoms. The van der Waals surface area contributed by atoms with Gasteiger partial charge in [0, 0.05) is 0 Å². The van der Waals surface area contributed by atoms with Crippen LogP contribution in [0.2, 0.25) is 0 Å². The molecule has 0 saturated carbocycles. The van der Waals surface area contributed by atoms with Crippen molar-refractivity contribution in [2.24, 2.45) is 0 Å². The Hall–Kier alpha value is 1.75. The fourth-order valence-corrected chi connectivity index (χ4v) is 0. The van der Waals surface area contributed by atoms with Crippen molar-refractivity contribution in [1.82, 2.24) is 0 Å². The van der Waals surface area contributed by atoms with Gasteiger partial charge in [-0.05, 0) is 12.5 Å². The van der Waals surface area contributed by atoms with Crippen molar-refractivity contribution in [3.05, 3.63) is 0 Å². The molecular weight excluding hydrogens is 103 g/mol. The second-order valence-electron chi connectivity index (χ2n) is 0. The van der Waals surface area contributed by atoms with E-state index < -0.39 is 0 Å². The zero-order chi connectivity index (χ0) is 2.00. The Morgan fingerprint density at radius 2 is 1.25 bits per heavy atom. The molecule has 0 aliphatic rings. The molecule has 0 saturated heterocycles. The second-order valence-corrected chi connectivity index (χ2v) is 0. The predicted octanol–water partition coefficient (Wildman–Crippen LogP) is -4.04. The smallest absolute Gasteiger partial charge is 0.870 e. The maximum absolute atomic E-state index is 8.06. The van der Waals surface area contributed by atoms with Crippen molar-refractivity contribution in [2.45, 2.75) is 0 Å². The van der Waals surface area contributed by atoms with E-state index in [1.807, 2.05) is 0 Å². The monoisotopic (exact) mass is 106 g/mol. The van der Waals surface area contributed by atoms with Gasteiger partial charge in [-0.25, -0.2) is 0 Å². The summed E-state index contributed by atoms with van der Waals surface area (Å²) in [5, 5.41) is 0.